The number of hydrogen-bond donors (Lipinski definition) is 1. The number of carbonyl (C=O) groups excluding carboxylic acids is 2. The van der Waals surface area contributed by atoms with Crippen LogP contribution in [0, 0.1) is 18.3 Å². The van der Waals surface area contributed by atoms with E-state index in [0.717, 1.165) is 23.1 Å². The Balaban J connectivity index is 1.31. The highest BCUT2D eigenvalue weighted by molar-refractivity contribution is 6.06. The number of rotatable bonds is 6. The van der Waals surface area contributed by atoms with Crippen molar-refractivity contribution in [2.24, 2.45) is 5.10 Å². The first-order valence-electron chi connectivity index (χ1n) is 12.4. The molecular formula is C31H25N3O5. The number of amides is 1. The van der Waals surface area contributed by atoms with Gasteiger partial charge in [-0.05, 0) is 73.4 Å². The van der Waals surface area contributed by atoms with Crippen molar-refractivity contribution in [2.75, 3.05) is 7.11 Å². The van der Waals surface area contributed by atoms with Crippen LogP contribution in [0.4, 0.5) is 0 Å². The predicted molar refractivity (Wildman–Crippen MR) is 145 cm³/mol. The monoisotopic (exact) mass is 519 g/mol. The highest BCUT2D eigenvalue weighted by Gasteiger charge is 2.29. The molecule has 0 spiro atoms. The van der Waals surface area contributed by atoms with Crippen LogP contribution >= 0.6 is 0 Å². The third-order valence-corrected chi connectivity index (χ3v) is 6.55. The van der Waals surface area contributed by atoms with Gasteiger partial charge in [0, 0.05) is 23.1 Å². The molecule has 0 aliphatic heterocycles. The first-order chi connectivity index (χ1) is 19.0. The summed E-state index contributed by atoms with van der Waals surface area (Å²) in [7, 11) is 1.54. The standard InChI is InChI=1S/C31H25N3O5/c1-19-28-26(33-34-30(35)23-5-3-6-25(17-23)37-2)7-4-8-27(28)39-29(19)31(36)38-24-15-13-22(14-16-24)21-11-9-20(18-32)10-12-21/h3,5-6,9-17H,4,7-8H2,1-2H3,(H,34,35)/b33-26+. The molecule has 1 amide bonds. The number of carbonyl (C=O) groups is 2. The molecular weight excluding hydrogens is 494 g/mol. The summed E-state index contributed by atoms with van der Waals surface area (Å²) >= 11 is 0. The van der Waals surface area contributed by atoms with Crippen LogP contribution in [0.3, 0.4) is 0 Å². The van der Waals surface area contributed by atoms with E-state index in [-0.39, 0.29) is 11.7 Å². The van der Waals surface area contributed by atoms with Crippen LogP contribution in [-0.4, -0.2) is 24.7 Å². The van der Waals surface area contributed by atoms with Gasteiger partial charge in [-0.1, -0.05) is 30.3 Å². The summed E-state index contributed by atoms with van der Waals surface area (Å²) in [6.45, 7) is 1.79. The molecule has 39 heavy (non-hydrogen) atoms. The van der Waals surface area contributed by atoms with Crippen LogP contribution in [0.15, 0.2) is 82.3 Å². The average molecular weight is 520 g/mol. The molecule has 4 aromatic rings. The maximum Gasteiger partial charge on any atom is 0.379 e. The molecule has 5 rings (SSSR count). The number of ether oxygens (including phenoxy) is 2. The zero-order valence-corrected chi connectivity index (χ0v) is 21.5. The van der Waals surface area contributed by atoms with Gasteiger partial charge >= 0.3 is 5.97 Å². The summed E-state index contributed by atoms with van der Waals surface area (Å²) in [4.78, 5) is 25.7. The van der Waals surface area contributed by atoms with Crippen LogP contribution in [0.25, 0.3) is 11.1 Å². The van der Waals surface area contributed by atoms with Crippen molar-refractivity contribution in [1.29, 1.82) is 5.26 Å². The fourth-order valence-corrected chi connectivity index (χ4v) is 4.53. The van der Waals surface area contributed by atoms with E-state index in [4.69, 9.17) is 19.2 Å². The molecule has 3 aromatic carbocycles. The van der Waals surface area contributed by atoms with Gasteiger partial charge < -0.3 is 13.9 Å². The minimum Gasteiger partial charge on any atom is -0.497 e. The van der Waals surface area contributed by atoms with Crippen LogP contribution in [0.1, 0.15) is 56.2 Å². The SMILES string of the molecule is COc1cccc(C(=O)N/N=C2\CCCc3oc(C(=O)Oc4ccc(-c5ccc(C#N)cc5)cc4)c(C)c32)c1. The van der Waals surface area contributed by atoms with E-state index < -0.39 is 5.97 Å². The fourth-order valence-electron chi connectivity index (χ4n) is 4.53. The highest BCUT2D eigenvalue weighted by Crippen LogP contribution is 2.31. The van der Waals surface area contributed by atoms with Gasteiger partial charge in [-0.15, -0.1) is 0 Å². The number of methoxy groups -OCH3 is 1. The molecule has 8 nitrogen and oxygen atoms in total. The average Bonchev–Trinajstić information content (AvgIpc) is 3.33. The molecule has 0 atom stereocenters. The van der Waals surface area contributed by atoms with Gasteiger partial charge in [0.15, 0.2) is 0 Å². The molecule has 0 bridgehead atoms. The van der Waals surface area contributed by atoms with Crippen molar-refractivity contribution in [3.63, 3.8) is 0 Å². The second-order valence-electron chi connectivity index (χ2n) is 9.04. The molecule has 1 aromatic heterocycles. The van der Waals surface area contributed by atoms with Gasteiger partial charge in [0.1, 0.15) is 17.3 Å². The minimum atomic E-state index is -0.604. The first kappa shape index (κ1) is 25.5. The lowest BCUT2D eigenvalue weighted by Gasteiger charge is -2.13. The summed E-state index contributed by atoms with van der Waals surface area (Å²) in [6, 6.07) is 23.3. The van der Waals surface area contributed by atoms with Crippen LogP contribution in [0.2, 0.25) is 0 Å². The number of aryl methyl sites for hydroxylation is 1. The van der Waals surface area contributed by atoms with Crippen LogP contribution < -0.4 is 14.9 Å². The highest BCUT2D eigenvalue weighted by atomic mass is 16.5. The van der Waals surface area contributed by atoms with Gasteiger partial charge in [0.05, 0.1) is 24.5 Å². The zero-order valence-electron chi connectivity index (χ0n) is 21.5. The number of nitrogens with one attached hydrogen (secondary N) is 1. The van der Waals surface area contributed by atoms with Crippen molar-refractivity contribution in [3.8, 4) is 28.7 Å². The molecule has 0 radical (unpaired) electrons. The van der Waals surface area contributed by atoms with Crippen molar-refractivity contribution in [1.82, 2.24) is 5.43 Å². The number of hydrazone groups is 1. The van der Waals surface area contributed by atoms with Gasteiger partial charge in [0.2, 0.25) is 5.76 Å². The summed E-state index contributed by atoms with van der Waals surface area (Å²) in [5.74, 6) is 0.756. The topological polar surface area (TPSA) is 114 Å². The quantitative estimate of drug-likeness (QED) is 0.195. The Morgan fingerprint density at radius 1 is 0.974 bits per heavy atom. The van der Waals surface area contributed by atoms with E-state index in [1.54, 1.807) is 55.5 Å². The normalized spacial score (nSPS) is 13.3. The Hall–Kier alpha value is -5.16. The summed E-state index contributed by atoms with van der Waals surface area (Å²) < 4.78 is 16.7. The first-order valence-corrected chi connectivity index (χ1v) is 12.4. The Morgan fingerprint density at radius 3 is 2.38 bits per heavy atom. The molecule has 1 aliphatic carbocycles. The number of nitrogens with zero attached hydrogens (tertiary/aromatic N) is 2. The van der Waals surface area contributed by atoms with Gasteiger partial charge in [-0.25, -0.2) is 10.2 Å². The van der Waals surface area contributed by atoms with Gasteiger partial charge in [-0.2, -0.15) is 10.4 Å². The molecule has 194 valence electrons. The number of furan rings is 1. The largest absolute Gasteiger partial charge is 0.497 e. The molecule has 0 saturated carbocycles. The lowest BCUT2D eigenvalue weighted by molar-refractivity contribution is 0.0698. The van der Waals surface area contributed by atoms with E-state index in [1.165, 1.54) is 7.11 Å². The maximum absolute atomic E-state index is 13.0. The second-order valence-corrected chi connectivity index (χ2v) is 9.04. The van der Waals surface area contributed by atoms with E-state index in [1.807, 2.05) is 24.3 Å². The third-order valence-electron chi connectivity index (χ3n) is 6.55. The molecule has 0 saturated heterocycles. The van der Waals surface area contributed by atoms with Gasteiger partial charge in [-0.3, -0.25) is 4.79 Å². The molecule has 1 aliphatic rings. The lowest BCUT2D eigenvalue weighted by atomic mass is 9.93. The Morgan fingerprint density at radius 2 is 1.69 bits per heavy atom. The summed E-state index contributed by atoms with van der Waals surface area (Å²) in [6.07, 6.45) is 2.07. The zero-order chi connectivity index (χ0) is 27.4. The number of esters is 1. The lowest BCUT2D eigenvalue weighted by Crippen LogP contribution is -2.22. The van der Waals surface area contributed by atoms with E-state index in [9.17, 15) is 9.59 Å². The Bertz CT molecular complexity index is 1610. The third kappa shape index (κ3) is 5.43. The molecule has 0 fully saturated rings. The molecule has 8 heteroatoms. The van der Waals surface area contributed by atoms with E-state index in [0.29, 0.717) is 52.5 Å². The van der Waals surface area contributed by atoms with Crippen molar-refractivity contribution in [3.05, 3.63) is 107 Å². The second kappa shape index (κ2) is 11.1. The van der Waals surface area contributed by atoms with Crippen molar-refractivity contribution in [2.45, 2.75) is 26.2 Å². The molecule has 0 unspecified atom stereocenters. The van der Waals surface area contributed by atoms with E-state index in [2.05, 4.69) is 16.6 Å². The Labute approximate surface area is 225 Å². The summed E-state index contributed by atoms with van der Waals surface area (Å²) in [5, 5.41) is 13.3. The number of benzene rings is 3. The van der Waals surface area contributed by atoms with Crippen molar-refractivity contribution < 1.29 is 23.5 Å². The molecule has 1 N–H and O–H groups in total. The predicted octanol–water partition coefficient (Wildman–Crippen LogP) is 5.82. The number of hydrogen-bond acceptors (Lipinski definition) is 7. The number of fused-ring (bicyclic) bond motifs is 1. The van der Waals surface area contributed by atoms with E-state index >= 15 is 0 Å². The van der Waals surface area contributed by atoms with Gasteiger partial charge in [0.25, 0.3) is 5.91 Å². The van der Waals surface area contributed by atoms with Crippen molar-refractivity contribution >= 4 is 17.6 Å². The smallest absolute Gasteiger partial charge is 0.379 e. The van der Waals surface area contributed by atoms with Crippen LogP contribution in [-0.2, 0) is 6.42 Å². The molecule has 1 heterocycles. The summed E-state index contributed by atoms with van der Waals surface area (Å²) in [5.41, 5.74) is 7.52. The number of nitriles is 1. The minimum absolute atomic E-state index is 0.116. The fraction of sp³-hybridized carbons (Fsp3) is 0.161. The van der Waals surface area contributed by atoms with Crippen LogP contribution in [0.5, 0.6) is 11.5 Å². The Kier molecular flexibility index (Phi) is 7.23. The maximum atomic E-state index is 13.0.